The number of piperidine rings is 1. The molecule has 17 heavy (non-hydrogen) atoms. The van der Waals surface area contributed by atoms with Crippen molar-refractivity contribution >= 4 is 5.78 Å². The second-order valence-corrected chi connectivity index (χ2v) is 5.67. The molecule has 0 aromatic heterocycles. The van der Waals surface area contributed by atoms with Gasteiger partial charge in [0.2, 0.25) is 0 Å². The van der Waals surface area contributed by atoms with Gasteiger partial charge in [-0.2, -0.15) is 0 Å². The number of hydrogen-bond acceptors (Lipinski definition) is 3. The first-order valence-corrected chi connectivity index (χ1v) is 6.48. The van der Waals surface area contributed by atoms with E-state index in [2.05, 4.69) is 11.9 Å². The van der Waals surface area contributed by atoms with E-state index in [1.165, 1.54) is 0 Å². The number of carbonyl (C=O) groups excluding carboxylic acids is 1. The standard InChI is InChI=1S/C14H23NO2/c1-9(2)10(3)14(16)11-5-12-7-17-8-13(6-11)15(12)4/h11-13H,5-8H2,1-4H3. The van der Waals surface area contributed by atoms with Gasteiger partial charge in [0.25, 0.3) is 0 Å². The van der Waals surface area contributed by atoms with E-state index in [4.69, 9.17) is 4.74 Å². The van der Waals surface area contributed by atoms with E-state index < -0.39 is 0 Å². The Morgan fingerprint density at radius 3 is 2.12 bits per heavy atom. The molecule has 2 saturated heterocycles. The molecule has 3 heteroatoms. The molecule has 96 valence electrons. The smallest absolute Gasteiger partial charge is 0.161 e. The van der Waals surface area contributed by atoms with Gasteiger partial charge >= 0.3 is 0 Å². The topological polar surface area (TPSA) is 29.5 Å². The second kappa shape index (κ2) is 4.91. The molecule has 0 aliphatic carbocycles. The maximum atomic E-state index is 12.4. The highest BCUT2D eigenvalue weighted by Gasteiger charge is 2.39. The maximum Gasteiger partial charge on any atom is 0.161 e. The lowest BCUT2D eigenvalue weighted by atomic mass is 9.80. The summed E-state index contributed by atoms with van der Waals surface area (Å²) in [6.07, 6.45) is 1.91. The molecule has 0 aromatic rings. The van der Waals surface area contributed by atoms with Crippen molar-refractivity contribution in [1.29, 1.82) is 0 Å². The summed E-state index contributed by atoms with van der Waals surface area (Å²) in [7, 11) is 2.16. The number of morpholine rings is 1. The van der Waals surface area contributed by atoms with Crippen LogP contribution in [0.5, 0.6) is 0 Å². The maximum absolute atomic E-state index is 12.4. The van der Waals surface area contributed by atoms with Crippen molar-refractivity contribution in [2.45, 2.75) is 45.7 Å². The zero-order valence-corrected chi connectivity index (χ0v) is 11.3. The lowest BCUT2D eigenvalue weighted by molar-refractivity contribution is -0.127. The van der Waals surface area contributed by atoms with Gasteiger partial charge in [-0.05, 0) is 46.2 Å². The molecule has 0 aromatic carbocycles. The monoisotopic (exact) mass is 237 g/mol. The van der Waals surface area contributed by atoms with Gasteiger partial charge in [0.05, 0.1) is 13.2 Å². The van der Waals surface area contributed by atoms with E-state index in [0.29, 0.717) is 17.9 Å². The van der Waals surface area contributed by atoms with Crippen LogP contribution in [0.25, 0.3) is 0 Å². The normalized spacial score (nSPS) is 33.3. The average Bonchev–Trinajstić information content (AvgIpc) is 2.26. The van der Waals surface area contributed by atoms with E-state index in [-0.39, 0.29) is 5.92 Å². The first-order chi connectivity index (χ1) is 8.00. The third kappa shape index (κ3) is 2.45. The van der Waals surface area contributed by atoms with E-state index in [0.717, 1.165) is 37.2 Å². The highest BCUT2D eigenvalue weighted by Crippen LogP contribution is 2.32. The van der Waals surface area contributed by atoms with Crippen molar-refractivity contribution in [2.75, 3.05) is 20.3 Å². The Morgan fingerprint density at radius 1 is 1.12 bits per heavy atom. The average molecular weight is 237 g/mol. The van der Waals surface area contributed by atoms with Gasteiger partial charge in [-0.3, -0.25) is 9.69 Å². The minimum atomic E-state index is 0.208. The summed E-state index contributed by atoms with van der Waals surface area (Å²) in [5.41, 5.74) is 2.11. The van der Waals surface area contributed by atoms with Crippen molar-refractivity contribution in [2.24, 2.45) is 5.92 Å². The van der Waals surface area contributed by atoms with Crippen molar-refractivity contribution in [3.8, 4) is 0 Å². The molecule has 0 N–H and O–H groups in total. The fourth-order valence-electron chi connectivity index (χ4n) is 2.86. The molecular formula is C14H23NO2. The number of fused-ring (bicyclic) bond motifs is 2. The van der Waals surface area contributed by atoms with Crippen molar-refractivity contribution < 1.29 is 9.53 Å². The summed E-state index contributed by atoms with van der Waals surface area (Å²) in [5.74, 6) is 0.565. The highest BCUT2D eigenvalue weighted by molar-refractivity contribution is 5.97. The molecule has 2 rings (SSSR count). The molecule has 2 unspecified atom stereocenters. The Labute approximate surface area is 104 Å². The summed E-state index contributed by atoms with van der Waals surface area (Å²) in [5, 5.41) is 0. The predicted octanol–water partition coefficient (Wildman–Crippen LogP) is 2.02. The summed E-state index contributed by atoms with van der Waals surface area (Å²) >= 11 is 0. The predicted molar refractivity (Wildman–Crippen MR) is 67.9 cm³/mol. The van der Waals surface area contributed by atoms with Gasteiger partial charge in [0.15, 0.2) is 5.78 Å². The van der Waals surface area contributed by atoms with E-state index >= 15 is 0 Å². The fraction of sp³-hybridized carbons (Fsp3) is 0.786. The molecule has 0 spiro atoms. The van der Waals surface area contributed by atoms with E-state index in [9.17, 15) is 4.79 Å². The van der Waals surface area contributed by atoms with Gasteiger partial charge in [0.1, 0.15) is 0 Å². The Balaban J connectivity index is 2.10. The van der Waals surface area contributed by atoms with Crippen LogP contribution in [0, 0.1) is 5.92 Å². The van der Waals surface area contributed by atoms with Crippen LogP contribution in [0.15, 0.2) is 11.1 Å². The van der Waals surface area contributed by atoms with Crippen LogP contribution in [-0.4, -0.2) is 43.0 Å². The van der Waals surface area contributed by atoms with Gasteiger partial charge < -0.3 is 4.74 Å². The number of Topliss-reactive ketones (excluding diaryl/α,β-unsaturated/α-hetero) is 1. The molecule has 2 aliphatic rings. The van der Waals surface area contributed by atoms with Crippen LogP contribution in [-0.2, 0) is 9.53 Å². The van der Waals surface area contributed by atoms with Gasteiger partial charge in [-0.15, -0.1) is 0 Å². The third-order valence-electron chi connectivity index (χ3n) is 4.38. The first kappa shape index (κ1) is 12.8. The number of carbonyl (C=O) groups is 1. The lowest BCUT2D eigenvalue weighted by Crippen LogP contribution is -2.55. The molecule has 0 radical (unpaired) electrons. The van der Waals surface area contributed by atoms with Gasteiger partial charge in [-0.1, -0.05) is 5.57 Å². The molecule has 3 nitrogen and oxygen atoms in total. The molecular weight excluding hydrogens is 214 g/mol. The summed E-state index contributed by atoms with van der Waals surface area (Å²) in [6, 6.07) is 0.864. The quantitative estimate of drug-likeness (QED) is 0.688. The highest BCUT2D eigenvalue weighted by atomic mass is 16.5. The molecule has 2 atom stereocenters. The zero-order valence-electron chi connectivity index (χ0n) is 11.3. The molecule has 0 saturated carbocycles. The van der Waals surface area contributed by atoms with Crippen LogP contribution in [0.3, 0.4) is 0 Å². The third-order valence-corrected chi connectivity index (χ3v) is 4.38. The Hall–Kier alpha value is -0.670. The zero-order chi connectivity index (χ0) is 12.6. The van der Waals surface area contributed by atoms with Crippen molar-refractivity contribution in [1.82, 2.24) is 4.90 Å². The van der Waals surface area contributed by atoms with Crippen LogP contribution < -0.4 is 0 Å². The van der Waals surface area contributed by atoms with E-state index in [1.807, 2.05) is 20.8 Å². The van der Waals surface area contributed by atoms with Gasteiger partial charge in [0, 0.05) is 18.0 Å². The van der Waals surface area contributed by atoms with Crippen molar-refractivity contribution in [3.05, 3.63) is 11.1 Å². The second-order valence-electron chi connectivity index (χ2n) is 5.67. The summed E-state index contributed by atoms with van der Waals surface area (Å²) < 4.78 is 5.58. The van der Waals surface area contributed by atoms with Crippen LogP contribution in [0.1, 0.15) is 33.6 Å². The molecule has 2 fully saturated rings. The number of ether oxygens (including phenoxy) is 1. The molecule has 2 bridgehead atoms. The lowest BCUT2D eigenvalue weighted by Gasteiger charge is -2.46. The number of rotatable bonds is 2. The molecule has 2 aliphatic heterocycles. The SMILES string of the molecule is CC(C)=C(C)C(=O)C1CC2COCC(C1)N2C. The number of likely N-dealkylation sites (N-methyl/N-ethyl adjacent to an activating group) is 1. The minimum Gasteiger partial charge on any atom is -0.378 e. The number of nitrogens with zero attached hydrogens (tertiary/aromatic N) is 1. The van der Waals surface area contributed by atoms with E-state index in [1.54, 1.807) is 0 Å². The Kier molecular flexibility index (Phi) is 3.69. The summed E-state index contributed by atoms with van der Waals surface area (Å²) in [4.78, 5) is 14.8. The van der Waals surface area contributed by atoms with Gasteiger partial charge in [-0.25, -0.2) is 0 Å². The van der Waals surface area contributed by atoms with Crippen molar-refractivity contribution in [3.63, 3.8) is 0 Å². The largest absolute Gasteiger partial charge is 0.378 e. The van der Waals surface area contributed by atoms with Crippen LogP contribution >= 0.6 is 0 Å². The Morgan fingerprint density at radius 2 is 1.65 bits per heavy atom. The van der Waals surface area contributed by atoms with Crippen LogP contribution in [0.4, 0.5) is 0 Å². The molecule has 0 amide bonds. The Bertz CT molecular complexity index is 330. The number of allylic oxidation sites excluding steroid dienone is 2. The fourth-order valence-corrected chi connectivity index (χ4v) is 2.86. The number of hydrogen-bond donors (Lipinski definition) is 0. The summed E-state index contributed by atoms with van der Waals surface area (Å²) in [6.45, 7) is 7.57. The molecule has 2 heterocycles. The van der Waals surface area contributed by atoms with Crippen LogP contribution in [0.2, 0.25) is 0 Å². The minimum absolute atomic E-state index is 0.208. The first-order valence-electron chi connectivity index (χ1n) is 6.48. The number of ketones is 1.